The molecule has 1 aliphatic carbocycles. The lowest BCUT2D eigenvalue weighted by Gasteiger charge is -2.25. The summed E-state index contributed by atoms with van der Waals surface area (Å²) in [5.74, 6) is 0.834. The van der Waals surface area contributed by atoms with Crippen LogP contribution in [0.1, 0.15) is 36.2 Å². The van der Waals surface area contributed by atoms with Crippen molar-refractivity contribution in [3.05, 3.63) is 21.9 Å². The minimum Gasteiger partial charge on any atom is -0.349 e. The largest absolute Gasteiger partial charge is 0.349 e. The average Bonchev–Trinajstić information content (AvgIpc) is 2.97. The van der Waals surface area contributed by atoms with Gasteiger partial charge in [-0.25, -0.2) is 0 Å². The minimum absolute atomic E-state index is 0.147. The summed E-state index contributed by atoms with van der Waals surface area (Å²) in [5.41, 5.74) is 1.36. The van der Waals surface area contributed by atoms with E-state index < -0.39 is 0 Å². The number of rotatable bonds is 2. The molecule has 1 saturated heterocycles. The predicted molar refractivity (Wildman–Crippen MR) is 73.7 cm³/mol. The first kappa shape index (κ1) is 12.2. The molecule has 2 aliphatic rings. The lowest BCUT2D eigenvalue weighted by Crippen LogP contribution is -2.37. The number of amides is 1. The number of hydrogen-bond acceptors (Lipinski definition) is 3. The van der Waals surface area contributed by atoms with Crippen molar-refractivity contribution in [2.24, 2.45) is 11.8 Å². The fraction of sp³-hybridized carbons (Fsp3) is 0.643. The van der Waals surface area contributed by atoms with Crippen molar-refractivity contribution in [1.29, 1.82) is 0 Å². The van der Waals surface area contributed by atoms with E-state index in [1.54, 1.807) is 0 Å². The highest BCUT2D eigenvalue weighted by Crippen LogP contribution is 2.33. The summed E-state index contributed by atoms with van der Waals surface area (Å²) in [6, 6.07) is 2.43. The van der Waals surface area contributed by atoms with Crippen LogP contribution in [0.25, 0.3) is 0 Å². The monoisotopic (exact) mass is 264 g/mol. The molecule has 18 heavy (non-hydrogen) atoms. The first-order valence-corrected chi connectivity index (χ1v) is 7.71. The van der Waals surface area contributed by atoms with Gasteiger partial charge in [-0.1, -0.05) is 6.92 Å². The van der Waals surface area contributed by atoms with Crippen LogP contribution in [0, 0.1) is 11.8 Å². The molecular weight excluding hydrogens is 244 g/mol. The molecule has 0 aromatic carbocycles. The van der Waals surface area contributed by atoms with Gasteiger partial charge in [0.25, 0.3) is 0 Å². The van der Waals surface area contributed by atoms with Gasteiger partial charge < -0.3 is 10.6 Å². The van der Waals surface area contributed by atoms with Gasteiger partial charge in [-0.15, -0.1) is 11.3 Å². The van der Waals surface area contributed by atoms with Crippen LogP contribution in [-0.2, 0) is 11.2 Å². The van der Waals surface area contributed by atoms with Crippen LogP contribution in [0.5, 0.6) is 0 Å². The van der Waals surface area contributed by atoms with Crippen LogP contribution in [0.4, 0.5) is 0 Å². The Kier molecular flexibility index (Phi) is 3.39. The van der Waals surface area contributed by atoms with Crippen molar-refractivity contribution in [1.82, 2.24) is 10.6 Å². The Bertz CT molecular complexity index is 443. The van der Waals surface area contributed by atoms with Crippen LogP contribution >= 0.6 is 11.3 Å². The number of carbonyl (C=O) groups is 1. The average molecular weight is 264 g/mol. The normalized spacial score (nSPS) is 31.1. The first-order chi connectivity index (χ1) is 8.75. The van der Waals surface area contributed by atoms with Gasteiger partial charge >= 0.3 is 0 Å². The third-order valence-corrected chi connectivity index (χ3v) is 5.22. The van der Waals surface area contributed by atoms with Crippen LogP contribution in [-0.4, -0.2) is 19.0 Å². The zero-order chi connectivity index (χ0) is 12.5. The summed E-state index contributed by atoms with van der Waals surface area (Å²) in [6.07, 6.45) is 3.46. The van der Waals surface area contributed by atoms with Crippen molar-refractivity contribution in [2.45, 2.75) is 32.2 Å². The zero-order valence-corrected chi connectivity index (χ0v) is 11.6. The highest BCUT2D eigenvalue weighted by atomic mass is 32.1. The lowest BCUT2D eigenvalue weighted by molar-refractivity contribution is -0.126. The number of thiophene rings is 1. The first-order valence-electron chi connectivity index (χ1n) is 6.83. The number of aryl methyl sites for hydroxylation is 1. The van der Waals surface area contributed by atoms with E-state index in [4.69, 9.17) is 0 Å². The molecule has 2 N–H and O–H groups in total. The quantitative estimate of drug-likeness (QED) is 0.859. The van der Waals surface area contributed by atoms with Crippen LogP contribution in [0.2, 0.25) is 0 Å². The van der Waals surface area contributed by atoms with Crippen molar-refractivity contribution < 1.29 is 4.79 Å². The van der Waals surface area contributed by atoms with E-state index in [0.29, 0.717) is 5.92 Å². The second-order valence-corrected chi connectivity index (χ2v) is 6.50. The molecule has 1 aromatic heterocycles. The molecular formula is C14H20N2OS. The van der Waals surface area contributed by atoms with Crippen molar-refractivity contribution >= 4 is 17.2 Å². The summed E-state index contributed by atoms with van der Waals surface area (Å²) in [4.78, 5) is 13.8. The molecule has 1 fully saturated rings. The summed E-state index contributed by atoms with van der Waals surface area (Å²) in [7, 11) is 0. The molecule has 3 nitrogen and oxygen atoms in total. The van der Waals surface area contributed by atoms with E-state index in [1.807, 2.05) is 11.3 Å². The highest BCUT2D eigenvalue weighted by molar-refractivity contribution is 7.10. The Hall–Kier alpha value is -0.870. The van der Waals surface area contributed by atoms with Crippen LogP contribution < -0.4 is 10.6 Å². The van der Waals surface area contributed by atoms with E-state index in [0.717, 1.165) is 19.5 Å². The fourth-order valence-electron chi connectivity index (χ4n) is 3.08. The van der Waals surface area contributed by atoms with Crippen molar-refractivity contribution in [3.8, 4) is 0 Å². The maximum atomic E-state index is 12.3. The molecule has 3 unspecified atom stereocenters. The van der Waals surface area contributed by atoms with Gasteiger partial charge in [0, 0.05) is 11.4 Å². The van der Waals surface area contributed by atoms with Gasteiger partial charge in [-0.2, -0.15) is 0 Å². The van der Waals surface area contributed by atoms with Gasteiger partial charge in [0.15, 0.2) is 0 Å². The second-order valence-electron chi connectivity index (χ2n) is 5.49. The van der Waals surface area contributed by atoms with Gasteiger partial charge in [0.2, 0.25) is 5.91 Å². The van der Waals surface area contributed by atoms with E-state index in [1.165, 1.54) is 23.3 Å². The van der Waals surface area contributed by atoms with E-state index in [2.05, 4.69) is 29.0 Å². The molecule has 1 aromatic rings. The predicted octanol–water partition coefficient (Wildman–Crippen LogP) is 2.10. The number of carbonyl (C=O) groups excluding carboxylic acids is 1. The fourth-order valence-corrected chi connectivity index (χ4v) is 4.06. The molecule has 0 radical (unpaired) electrons. The van der Waals surface area contributed by atoms with E-state index in [-0.39, 0.29) is 17.9 Å². The van der Waals surface area contributed by atoms with Gasteiger partial charge in [-0.3, -0.25) is 4.79 Å². The molecule has 2 heterocycles. The minimum atomic E-state index is 0.147. The summed E-state index contributed by atoms with van der Waals surface area (Å²) in [6.45, 7) is 3.95. The number of nitrogens with one attached hydrogen (secondary N) is 2. The third kappa shape index (κ3) is 2.19. The van der Waals surface area contributed by atoms with Gasteiger partial charge in [0.05, 0.1) is 12.0 Å². The Morgan fingerprint density at radius 3 is 3.17 bits per heavy atom. The summed E-state index contributed by atoms with van der Waals surface area (Å²) in [5, 5.41) is 8.70. The van der Waals surface area contributed by atoms with E-state index >= 15 is 0 Å². The van der Waals surface area contributed by atoms with Gasteiger partial charge in [-0.05, 0) is 48.7 Å². The Labute approximate surface area is 112 Å². The smallest absolute Gasteiger partial charge is 0.225 e. The standard InChI is InChI=1S/C14H20N2OS/c1-9-7-15-8-11(9)14(17)16-12-3-2-4-13-10(12)5-6-18-13/h5-6,9,11-12,15H,2-4,7-8H2,1H3,(H,16,17). The molecule has 3 atom stereocenters. The molecule has 3 rings (SSSR count). The number of hydrogen-bond donors (Lipinski definition) is 2. The Balaban J connectivity index is 1.69. The maximum absolute atomic E-state index is 12.3. The number of fused-ring (bicyclic) bond motifs is 1. The molecule has 1 amide bonds. The topological polar surface area (TPSA) is 41.1 Å². The molecule has 1 aliphatic heterocycles. The van der Waals surface area contributed by atoms with Crippen LogP contribution in [0.15, 0.2) is 11.4 Å². The van der Waals surface area contributed by atoms with Crippen molar-refractivity contribution in [2.75, 3.05) is 13.1 Å². The molecule has 0 bridgehead atoms. The molecule has 4 heteroatoms. The van der Waals surface area contributed by atoms with Gasteiger partial charge in [0.1, 0.15) is 0 Å². The highest BCUT2D eigenvalue weighted by Gasteiger charge is 2.32. The molecule has 0 spiro atoms. The maximum Gasteiger partial charge on any atom is 0.225 e. The molecule has 98 valence electrons. The lowest BCUT2D eigenvalue weighted by atomic mass is 9.92. The zero-order valence-electron chi connectivity index (χ0n) is 10.7. The van der Waals surface area contributed by atoms with Crippen LogP contribution in [0.3, 0.4) is 0 Å². The summed E-state index contributed by atoms with van der Waals surface area (Å²) >= 11 is 1.83. The molecule has 0 saturated carbocycles. The summed E-state index contributed by atoms with van der Waals surface area (Å²) < 4.78 is 0. The Morgan fingerprint density at radius 2 is 2.39 bits per heavy atom. The Morgan fingerprint density at radius 1 is 1.50 bits per heavy atom. The third-order valence-electron chi connectivity index (χ3n) is 4.22. The second kappa shape index (κ2) is 5.02. The van der Waals surface area contributed by atoms with Crippen molar-refractivity contribution in [3.63, 3.8) is 0 Å². The van der Waals surface area contributed by atoms with E-state index in [9.17, 15) is 4.79 Å². The SMILES string of the molecule is CC1CNCC1C(=O)NC1CCCc2sccc21.